The molecule has 2 heterocycles. The zero-order valence-corrected chi connectivity index (χ0v) is 12.7. The minimum Gasteiger partial charge on any atom is -0.365 e. The first-order valence-electron chi connectivity index (χ1n) is 7.39. The Hall–Kier alpha value is -2.15. The maximum atomic E-state index is 12.4. The summed E-state index contributed by atoms with van der Waals surface area (Å²) >= 11 is 0. The first-order chi connectivity index (χ1) is 10.5. The molecule has 0 spiro atoms. The van der Waals surface area contributed by atoms with Crippen molar-refractivity contribution in [3.05, 3.63) is 30.1 Å². The predicted molar refractivity (Wildman–Crippen MR) is 81.3 cm³/mol. The van der Waals surface area contributed by atoms with Crippen molar-refractivity contribution in [3.63, 3.8) is 0 Å². The van der Waals surface area contributed by atoms with Crippen molar-refractivity contribution in [1.82, 2.24) is 15.1 Å². The Morgan fingerprint density at radius 1 is 1.68 bits per heavy atom. The van der Waals surface area contributed by atoms with Gasteiger partial charge in [-0.15, -0.1) is 6.58 Å². The zero-order chi connectivity index (χ0) is 16.1. The second kappa shape index (κ2) is 7.22. The number of nitrogens with one attached hydrogen (secondary N) is 1. The van der Waals surface area contributed by atoms with Gasteiger partial charge in [0.1, 0.15) is 11.8 Å². The summed E-state index contributed by atoms with van der Waals surface area (Å²) in [5.74, 6) is -0.455. The van der Waals surface area contributed by atoms with Crippen molar-refractivity contribution < 1.29 is 14.3 Å². The lowest BCUT2D eigenvalue weighted by molar-refractivity contribution is -0.143. The molecule has 0 unspecified atom stereocenters. The van der Waals surface area contributed by atoms with Crippen molar-refractivity contribution in [2.75, 3.05) is 19.7 Å². The molecule has 1 fully saturated rings. The van der Waals surface area contributed by atoms with E-state index in [1.54, 1.807) is 24.0 Å². The average molecular weight is 306 g/mol. The largest absolute Gasteiger partial charge is 0.365 e. The van der Waals surface area contributed by atoms with E-state index in [1.165, 1.54) is 0 Å². The second-order valence-corrected chi connectivity index (χ2v) is 5.46. The van der Waals surface area contributed by atoms with Crippen LogP contribution in [0.1, 0.15) is 41.9 Å². The van der Waals surface area contributed by atoms with Crippen LogP contribution in [0.3, 0.4) is 0 Å². The summed E-state index contributed by atoms with van der Waals surface area (Å²) in [6, 6.07) is 1.67. The lowest BCUT2D eigenvalue weighted by atomic mass is 9.94. The van der Waals surface area contributed by atoms with Gasteiger partial charge in [0.25, 0.3) is 11.8 Å². The number of likely N-dealkylation sites (tertiary alicyclic amines) is 1. The number of carbonyl (C=O) groups excluding carboxylic acids is 2. The number of ether oxygens (including phenoxy) is 1. The van der Waals surface area contributed by atoms with Crippen LogP contribution in [0.5, 0.6) is 0 Å². The SMILES string of the molecule is C=CCO[C@H](C)C(=O)N1CCC[C@H](c2cc(C(N)=O)n[nH]2)C1. The number of primary amides is 1. The normalized spacial score (nSPS) is 19.7. The lowest BCUT2D eigenvalue weighted by Gasteiger charge is -2.33. The van der Waals surface area contributed by atoms with E-state index < -0.39 is 12.0 Å². The number of aromatic nitrogens is 2. The summed E-state index contributed by atoms with van der Waals surface area (Å²) < 4.78 is 5.39. The highest BCUT2D eigenvalue weighted by atomic mass is 16.5. The number of carbonyl (C=O) groups is 2. The fourth-order valence-corrected chi connectivity index (χ4v) is 2.64. The first kappa shape index (κ1) is 16.2. The Balaban J connectivity index is 2.00. The van der Waals surface area contributed by atoms with Crippen molar-refractivity contribution in [3.8, 4) is 0 Å². The van der Waals surface area contributed by atoms with E-state index in [2.05, 4.69) is 16.8 Å². The van der Waals surface area contributed by atoms with Crippen molar-refractivity contribution in [1.29, 1.82) is 0 Å². The highest BCUT2D eigenvalue weighted by Crippen LogP contribution is 2.26. The molecule has 7 heteroatoms. The maximum absolute atomic E-state index is 12.4. The molecule has 1 aromatic rings. The van der Waals surface area contributed by atoms with Crippen LogP contribution in [-0.4, -0.2) is 52.7 Å². The Bertz CT molecular complexity index is 555. The molecular formula is C15H22N4O3. The van der Waals surface area contributed by atoms with Crippen LogP contribution >= 0.6 is 0 Å². The van der Waals surface area contributed by atoms with Crippen LogP contribution in [0.25, 0.3) is 0 Å². The van der Waals surface area contributed by atoms with Crippen LogP contribution in [0.4, 0.5) is 0 Å². The van der Waals surface area contributed by atoms with Gasteiger partial charge in [0.05, 0.1) is 6.61 Å². The Labute approximate surface area is 129 Å². The molecule has 1 aliphatic rings. The van der Waals surface area contributed by atoms with E-state index in [4.69, 9.17) is 10.5 Å². The minimum absolute atomic E-state index is 0.0267. The van der Waals surface area contributed by atoms with Gasteiger partial charge in [-0.2, -0.15) is 5.10 Å². The summed E-state index contributed by atoms with van der Waals surface area (Å²) in [7, 11) is 0. The number of rotatable bonds is 6. The van der Waals surface area contributed by atoms with Crippen LogP contribution in [0.15, 0.2) is 18.7 Å². The molecular weight excluding hydrogens is 284 g/mol. The molecule has 0 radical (unpaired) electrons. The van der Waals surface area contributed by atoms with E-state index in [-0.39, 0.29) is 17.5 Å². The Morgan fingerprint density at radius 3 is 3.09 bits per heavy atom. The van der Waals surface area contributed by atoms with Crippen molar-refractivity contribution in [2.24, 2.45) is 5.73 Å². The summed E-state index contributed by atoms with van der Waals surface area (Å²) in [4.78, 5) is 25.3. The van der Waals surface area contributed by atoms with E-state index in [9.17, 15) is 9.59 Å². The summed E-state index contributed by atoms with van der Waals surface area (Å²) in [5.41, 5.74) is 6.27. The topological polar surface area (TPSA) is 101 Å². The number of aromatic amines is 1. The van der Waals surface area contributed by atoms with Crippen molar-refractivity contribution >= 4 is 11.8 Å². The molecule has 1 aliphatic heterocycles. The van der Waals surface area contributed by atoms with E-state index in [0.29, 0.717) is 19.7 Å². The number of amides is 2. The van der Waals surface area contributed by atoms with Crippen molar-refractivity contribution in [2.45, 2.75) is 31.8 Å². The molecule has 0 aliphatic carbocycles. The monoisotopic (exact) mass is 306 g/mol. The minimum atomic E-state index is -0.558. The number of hydrogen-bond acceptors (Lipinski definition) is 4. The molecule has 0 aromatic carbocycles. The van der Waals surface area contributed by atoms with Crippen LogP contribution < -0.4 is 5.73 Å². The van der Waals surface area contributed by atoms with E-state index >= 15 is 0 Å². The predicted octanol–water partition coefficient (Wildman–Crippen LogP) is 0.806. The zero-order valence-electron chi connectivity index (χ0n) is 12.7. The summed E-state index contributed by atoms with van der Waals surface area (Å²) in [6.45, 7) is 6.98. The quantitative estimate of drug-likeness (QED) is 0.759. The summed E-state index contributed by atoms with van der Waals surface area (Å²) in [6.07, 6.45) is 2.97. The number of piperidine rings is 1. The standard InChI is InChI=1S/C15H22N4O3/c1-3-7-22-10(2)15(21)19-6-4-5-11(9-19)12-8-13(14(16)20)18-17-12/h3,8,10-11H,1,4-7,9H2,2H3,(H2,16,20)(H,17,18)/t10-,11+/m1/s1. The van der Waals surface area contributed by atoms with Gasteiger partial charge in [0.15, 0.2) is 0 Å². The molecule has 7 nitrogen and oxygen atoms in total. The highest BCUT2D eigenvalue weighted by molar-refractivity contribution is 5.90. The molecule has 2 atom stereocenters. The molecule has 1 saturated heterocycles. The smallest absolute Gasteiger partial charge is 0.269 e. The van der Waals surface area contributed by atoms with Crippen LogP contribution in [0.2, 0.25) is 0 Å². The highest BCUT2D eigenvalue weighted by Gasteiger charge is 2.29. The van der Waals surface area contributed by atoms with Gasteiger partial charge in [0.2, 0.25) is 0 Å². The fourth-order valence-electron chi connectivity index (χ4n) is 2.64. The number of nitrogens with two attached hydrogens (primary N) is 1. The molecule has 3 N–H and O–H groups in total. The van der Waals surface area contributed by atoms with Gasteiger partial charge in [0, 0.05) is 24.7 Å². The fraction of sp³-hybridized carbons (Fsp3) is 0.533. The third-order valence-electron chi connectivity index (χ3n) is 3.83. The number of H-pyrrole nitrogens is 1. The molecule has 0 bridgehead atoms. The summed E-state index contributed by atoms with van der Waals surface area (Å²) in [5, 5.41) is 6.74. The Morgan fingerprint density at radius 2 is 2.45 bits per heavy atom. The van der Waals surface area contributed by atoms with Gasteiger partial charge < -0.3 is 15.4 Å². The van der Waals surface area contributed by atoms with Gasteiger partial charge in [-0.05, 0) is 25.8 Å². The maximum Gasteiger partial charge on any atom is 0.269 e. The molecule has 1 aromatic heterocycles. The molecule has 22 heavy (non-hydrogen) atoms. The average Bonchev–Trinajstić information content (AvgIpc) is 3.02. The van der Waals surface area contributed by atoms with E-state index in [1.807, 2.05) is 0 Å². The van der Waals surface area contributed by atoms with Gasteiger partial charge >= 0.3 is 0 Å². The second-order valence-electron chi connectivity index (χ2n) is 5.46. The number of nitrogens with zero attached hydrogens (tertiary/aromatic N) is 2. The molecule has 0 saturated carbocycles. The third kappa shape index (κ3) is 3.73. The first-order valence-corrected chi connectivity index (χ1v) is 7.39. The Kier molecular flexibility index (Phi) is 5.32. The van der Waals surface area contributed by atoms with Crippen LogP contribution in [0, 0.1) is 0 Å². The molecule has 120 valence electrons. The molecule has 2 rings (SSSR count). The number of hydrogen-bond donors (Lipinski definition) is 2. The van der Waals surface area contributed by atoms with Crippen LogP contribution in [-0.2, 0) is 9.53 Å². The lowest BCUT2D eigenvalue weighted by Crippen LogP contribution is -2.44. The molecule has 2 amide bonds. The van der Waals surface area contributed by atoms with Gasteiger partial charge in [-0.1, -0.05) is 6.08 Å². The third-order valence-corrected chi connectivity index (χ3v) is 3.83. The van der Waals surface area contributed by atoms with Gasteiger partial charge in [-0.25, -0.2) is 0 Å². The van der Waals surface area contributed by atoms with Gasteiger partial charge in [-0.3, -0.25) is 14.7 Å². The van der Waals surface area contributed by atoms with E-state index in [0.717, 1.165) is 18.5 Å².